The average Bonchev–Trinajstić information content (AvgIpc) is 2.76. The van der Waals surface area contributed by atoms with E-state index in [0.717, 1.165) is 6.42 Å². The highest BCUT2D eigenvalue weighted by molar-refractivity contribution is 5.80. The molecule has 1 heterocycles. The van der Waals surface area contributed by atoms with Crippen LogP contribution in [-0.2, 0) is 14.3 Å². The summed E-state index contributed by atoms with van der Waals surface area (Å²) in [5.74, 6) is -1.23. The van der Waals surface area contributed by atoms with Crippen molar-refractivity contribution in [2.45, 2.75) is 26.7 Å². The topological polar surface area (TPSA) is 75.6 Å². The number of rotatable bonds is 6. The number of carbonyl (C=O) groups is 2. The van der Waals surface area contributed by atoms with E-state index in [1.807, 2.05) is 13.8 Å². The van der Waals surface area contributed by atoms with Gasteiger partial charge in [-0.05, 0) is 18.8 Å². The number of aliphatic carboxylic acids is 1. The van der Waals surface area contributed by atoms with E-state index in [4.69, 9.17) is 9.84 Å². The molecule has 0 aliphatic carbocycles. The summed E-state index contributed by atoms with van der Waals surface area (Å²) in [5.41, 5.74) is 0. The third-order valence-electron chi connectivity index (χ3n) is 2.93. The summed E-state index contributed by atoms with van der Waals surface area (Å²) in [7, 11) is 0. The van der Waals surface area contributed by atoms with E-state index in [0.29, 0.717) is 25.6 Å². The largest absolute Gasteiger partial charge is 0.481 e. The van der Waals surface area contributed by atoms with Crippen molar-refractivity contribution >= 4 is 11.9 Å². The second kappa shape index (κ2) is 6.59. The molecule has 2 atom stereocenters. The number of hydrogen-bond acceptors (Lipinski definition) is 3. The van der Waals surface area contributed by atoms with Gasteiger partial charge in [-0.2, -0.15) is 0 Å². The molecule has 1 amide bonds. The van der Waals surface area contributed by atoms with Gasteiger partial charge in [0.15, 0.2) is 0 Å². The quantitative estimate of drug-likeness (QED) is 0.726. The summed E-state index contributed by atoms with van der Waals surface area (Å²) in [5, 5.41) is 11.7. The van der Waals surface area contributed by atoms with Crippen molar-refractivity contribution < 1.29 is 19.4 Å². The second-order valence-electron chi connectivity index (χ2n) is 4.97. The minimum atomic E-state index is -0.846. The standard InChI is InChI=1S/C12H21NO4/c1-8(2)5-10(12(15)16)6-13-11(14)9-3-4-17-7-9/h8-10H,3-7H2,1-2H3,(H,13,14)(H,15,16). The molecule has 0 spiro atoms. The smallest absolute Gasteiger partial charge is 0.308 e. The number of carboxylic acid groups (broad SMARTS) is 1. The normalized spacial score (nSPS) is 21.5. The van der Waals surface area contributed by atoms with Crippen LogP contribution in [0, 0.1) is 17.8 Å². The van der Waals surface area contributed by atoms with Gasteiger partial charge in [-0.3, -0.25) is 9.59 Å². The third kappa shape index (κ3) is 4.73. The Morgan fingerprint density at radius 1 is 1.47 bits per heavy atom. The van der Waals surface area contributed by atoms with Crippen LogP contribution >= 0.6 is 0 Å². The average molecular weight is 243 g/mol. The zero-order chi connectivity index (χ0) is 12.8. The molecular weight excluding hydrogens is 222 g/mol. The lowest BCUT2D eigenvalue weighted by Crippen LogP contribution is -2.37. The minimum Gasteiger partial charge on any atom is -0.481 e. The van der Waals surface area contributed by atoms with Crippen LogP contribution in [0.25, 0.3) is 0 Å². The molecule has 5 heteroatoms. The molecule has 0 aromatic rings. The SMILES string of the molecule is CC(C)CC(CNC(=O)C1CCOC1)C(=O)O. The van der Waals surface area contributed by atoms with Crippen LogP contribution in [0.2, 0.25) is 0 Å². The summed E-state index contributed by atoms with van der Waals surface area (Å²) in [6, 6.07) is 0. The van der Waals surface area contributed by atoms with E-state index in [2.05, 4.69) is 5.32 Å². The van der Waals surface area contributed by atoms with Crippen molar-refractivity contribution in [1.29, 1.82) is 0 Å². The zero-order valence-electron chi connectivity index (χ0n) is 10.4. The van der Waals surface area contributed by atoms with Gasteiger partial charge in [0.1, 0.15) is 0 Å². The number of carbonyl (C=O) groups excluding carboxylic acids is 1. The molecule has 2 unspecified atom stereocenters. The third-order valence-corrected chi connectivity index (χ3v) is 2.93. The lowest BCUT2D eigenvalue weighted by Gasteiger charge is -2.16. The predicted molar refractivity (Wildman–Crippen MR) is 62.5 cm³/mol. The van der Waals surface area contributed by atoms with E-state index in [1.165, 1.54) is 0 Å². The van der Waals surface area contributed by atoms with Gasteiger partial charge in [0.2, 0.25) is 5.91 Å². The molecule has 1 aliphatic rings. The van der Waals surface area contributed by atoms with Crippen molar-refractivity contribution in [2.24, 2.45) is 17.8 Å². The van der Waals surface area contributed by atoms with Gasteiger partial charge in [0, 0.05) is 13.2 Å². The molecule has 0 bridgehead atoms. The Balaban J connectivity index is 2.35. The highest BCUT2D eigenvalue weighted by Gasteiger charge is 2.25. The molecule has 1 saturated heterocycles. The first-order valence-electron chi connectivity index (χ1n) is 6.09. The number of carboxylic acids is 1. The molecular formula is C12H21NO4. The van der Waals surface area contributed by atoms with Gasteiger partial charge < -0.3 is 15.2 Å². The van der Waals surface area contributed by atoms with E-state index < -0.39 is 11.9 Å². The summed E-state index contributed by atoms with van der Waals surface area (Å²) in [4.78, 5) is 22.7. The first-order valence-corrected chi connectivity index (χ1v) is 6.09. The number of hydrogen-bond donors (Lipinski definition) is 2. The Morgan fingerprint density at radius 3 is 2.65 bits per heavy atom. The lowest BCUT2D eigenvalue weighted by molar-refractivity contribution is -0.142. The Kier molecular flexibility index (Phi) is 5.41. The fraction of sp³-hybridized carbons (Fsp3) is 0.833. The first-order chi connectivity index (χ1) is 8.00. The zero-order valence-corrected chi connectivity index (χ0v) is 10.4. The summed E-state index contributed by atoms with van der Waals surface area (Å²) < 4.78 is 5.12. The predicted octanol–water partition coefficient (Wildman–Crippen LogP) is 0.886. The van der Waals surface area contributed by atoms with Crippen molar-refractivity contribution in [2.75, 3.05) is 19.8 Å². The van der Waals surface area contributed by atoms with E-state index >= 15 is 0 Å². The highest BCUT2D eigenvalue weighted by atomic mass is 16.5. The number of nitrogens with one attached hydrogen (secondary N) is 1. The van der Waals surface area contributed by atoms with Gasteiger partial charge in [-0.1, -0.05) is 13.8 Å². The molecule has 0 radical (unpaired) electrons. The monoisotopic (exact) mass is 243 g/mol. The van der Waals surface area contributed by atoms with Crippen LogP contribution < -0.4 is 5.32 Å². The van der Waals surface area contributed by atoms with Crippen LogP contribution in [0.15, 0.2) is 0 Å². The van der Waals surface area contributed by atoms with Crippen molar-refractivity contribution in [1.82, 2.24) is 5.32 Å². The summed E-state index contributed by atoms with van der Waals surface area (Å²) >= 11 is 0. The Labute approximate surface area is 102 Å². The maximum atomic E-state index is 11.7. The van der Waals surface area contributed by atoms with Crippen LogP contribution in [0.5, 0.6) is 0 Å². The molecule has 1 aliphatic heterocycles. The number of amides is 1. The first kappa shape index (κ1) is 14.0. The van der Waals surface area contributed by atoms with Gasteiger partial charge in [-0.15, -0.1) is 0 Å². The van der Waals surface area contributed by atoms with Gasteiger partial charge in [0.25, 0.3) is 0 Å². The Hall–Kier alpha value is -1.10. The molecule has 2 N–H and O–H groups in total. The van der Waals surface area contributed by atoms with Gasteiger partial charge >= 0.3 is 5.97 Å². The molecule has 0 aromatic carbocycles. The number of ether oxygens (including phenoxy) is 1. The fourth-order valence-electron chi connectivity index (χ4n) is 1.95. The summed E-state index contributed by atoms with van der Waals surface area (Å²) in [6.07, 6.45) is 1.31. The lowest BCUT2D eigenvalue weighted by atomic mass is 9.97. The highest BCUT2D eigenvalue weighted by Crippen LogP contribution is 2.14. The molecule has 17 heavy (non-hydrogen) atoms. The molecule has 1 rings (SSSR count). The van der Waals surface area contributed by atoms with Gasteiger partial charge in [0.05, 0.1) is 18.4 Å². The maximum Gasteiger partial charge on any atom is 0.308 e. The maximum absolute atomic E-state index is 11.7. The molecule has 98 valence electrons. The van der Waals surface area contributed by atoms with Crippen LogP contribution in [0.1, 0.15) is 26.7 Å². The van der Waals surface area contributed by atoms with Crippen LogP contribution in [0.3, 0.4) is 0 Å². The van der Waals surface area contributed by atoms with Gasteiger partial charge in [-0.25, -0.2) is 0 Å². The van der Waals surface area contributed by atoms with E-state index in [-0.39, 0.29) is 18.4 Å². The van der Waals surface area contributed by atoms with E-state index in [1.54, 1.807) is 0 Å². The molecule has 0 saturated carbocycles. The van der Waals surface area contributed by atoms with Crippen molar-refractivity contribution in [3.05, 3.63) is 0 Å². The summed E-state index contributed by atoms with van der Waals surface area (Å²) in [6.45, 7) is 5.23. The van der Waals surface area contributed by atoms with E-state index in [9.17, 15) is 9.59 Å². The van der Waals surface area contributed by atoms with Crippen molar-refractivity contribution in [3.63, 3.8) is 0 Å². The minimum absolute atomic E-state index is 0.0856. The Bertz CT molecular complexity index is 272. The second-order valence-corrected chi connectivity index (χ2v) is 4.97. The molecule has 1 fully saturated rings. The fourth-order valence-corrected chi connectivity index (χ4v) is 1.95. The molecule has 0 aromatic heterocycles. The van der Waals surface area contributed by atoms with Crippen molar-refractivity contribution in [3.8, 4) is 0 Å². The molecule has 5 nitrogen and oxygen atoms in total. The Morgan fingerprint density at radius 2 is 2.18 bits per heavy atom. The van der Waals surface area contributed by atoms with Crippen LogP contribution in [-0.4, -0.2) is 36.7 Å². The van der Waals surface area contributed by atoms with Crippen LogP contribution in [0.4, 0.5) is 0 Å².